The maximum absolute atomic E-state index is 13.5. The van der Waals surface area contributed by atoms with E-state index in [4.69, 9.17) is 9.47 Å². The maximum atomic E-state index is 13.5. The average molecular weight is 408 g/mol. The normalized spacial score (nSPS) is 15.3. The number of rotatable bonds is 6. The SMILES string of the molecule is COc1ccc(S(=O)(=O)N2CCN(C(=O)COc3ccccc3F)CC2)cc1. The summed E-state index contributed by atoms with van der Waals surface area (Å²) in [5.74, 6) is -0.267. The number of sulfonamides is 1. The Labute approximate surface area is 163 Å². The first-order valence-corrected chi connectivity index (χ1v) is 10.1. The van der Waals surface area contributed by atoms with Gasteiger partial charge in [-0.25, -0.2) is 12.8 Å². The van der Waals surface area contributed by atoms with Gasteiger partial charge < -0.3 is 14.4 Å². The molecule has 0 spiro atoms. The van der Waals surface area contributed by atoms with Gasteiger partial charge in [0.05, 0.1) is 12.0 Å². The predicted octanol–water partition coefficient (Wildman–Crippen LogP) is 1.75. The summed E-state index contributed by atoms with van der Waals surface area (Å²) >= 11 is 0. The molecule has 2 aromatic rings. The molecule has 1 saturated heterocycles. The van der Waals surface area contributed by atoms with Crippen LogP contribution in [0.3, 0.4) is 0 Å². The topological polar surface area (TPSA) is 76.2 Å². The first-order valence-electron chi connectivity index (χ1n) is 8.71. The minimum absolute atomic E-state index is 0.0107. The van der Waals surface area contributed by atoms with E-state index in [0.29, 0.717) is 5.75 Å². The number of hydrogen-bond acceptors (Lipinski definition) is 5. The lowest BCUT2D eigenvalue weighted by Crippen LogP contribution is -2.51. The largest absolute Gasteiger partial charge is 0.497 e. The van der Waals surface area contributed by atoms with Crippen LogP contribution in [-0.2, 0) is 14.8 Å². The van der Waals surface area contributed by atoms with Crippen molar-refractivity contribution in [3.05, 3.63) is 54.3 Å². The Bertz CT molecular complexity index is 926. The van der Waals surface area contributed by atoms with Crippen molar-refractivity contribution in [1.82, 2.24) is 9.21 Å². The molecule has 0 aliphatic carbocycles. The van der Waals surface area contributed by atoms with Gasteiger partial charge >= 0.3 is 0 Å². The van der Waals surface area contributed by atoms with Crippen LogP contribution in [0.15, 0.2) is 53.4 Å². The van der Waals surface area contributed by atoms with E-state index in [2.05, 4.69) is 0 Å². The lowest BCUT2D eigenvalue weighted by atomic mass is 10.3. The number of hydrogen-bond donors (Lipinski definition) is 0. The number of piperazine rings is 1. The minimum atomic E-state index is -3.64. The summed E-state index contributed by atoms with van der Waals surface area (Å²) in [5.41, 5.74) is 0. The molecule has 150 valence electrons. The smallest absolute Gasteiger partial charge is 0.260 e. The third-order valence-corrected chi connectivity index (χ3v) is 6.39. The quantitative estimate of drug-likeness (QED) is 0.728. The minimum Gasteiger partial charge on any atom is -0.497 e. The molecule has 0 atom stereocenters. The lowest BCUT2D eigenvalue weighted by molar-refractivity contribution is -0.134. The van der Waals surface area contributed by atoms with Gasteiger partial charge in [0.1, 0.15) is 5.75 Å². The Kier molecular flexibility index (Phi) is 6.15. The lowest BCUT2D eigenvalue weighted by Gasteiger charge is -2.34. The molecule has 0 bridgehead atoms. The van der Waals surface area contributed by atoms with Crippen molar-refractivity contribution in [3.8, 4) is 11.5 Å². The third kappa shape index (κ3) is 4.42. The first kappa shape index (κ1) is 20.1. The Morgan fingerprint density at radius 1 is 1.04 bits per heavy atom. The Hall–Kier alpha value is -2.65. The highest BCUT2D eigenvalue weighted by Crippen LogP contribution is 2.21. The molecule has 0 saturated carbocycles. The molecule has 2 aromatic carbocycles. The molecule has 1 aliphatic rings. The molecule has 0 aromatic heterocycles. The van der Waals surface area contributed by atoms with E-state index in [0.717, 1.165) is 0 Å². The van der Waals surface area contributed by atoms with E-state index >= 15 is 0 Å². The van der Waals surface area contributed by atoms with Crippen molar-refractivity contribution in [2.24, 2.45) is 0 Å². The van der Waals surface area contributed by atoms with Crippen LogP contribution in [0.2, 0.25) is 0 Å². The molecule has 0 unspecified atom stereocenters. The van der Waals surface area contributed by atoms with Crippen LogP contribution >= 0.6 is 0 Å². The highest BCUT2D eigenvalue weighted by molar-refractivity contribution is 7.89. The van der Waals surface area contributed by atoms with Crippen LogP contribution in [0.5, 0.6) is 11.5 Å². The molecule has 9 heteroatoms. The van der Waals surface area contributed by atoms with Crippen LogP contribution in [0.25, 0.3) is 0 Å². The zero-order chi connectivity index (χ0) is 20.1. The van der Waals surface area contributed by atoms with Gasteiger partial charge in [0.15, 0.2) is 18.2 Å². The first-order chi connectivity index (χ1) is 13.4. The zero-order valence-corrected chi connectivity index (χ0v) is 16.2. The number of amides is 1. The molecule has 0 N–H and O–H groups in total. The van der Waals surface area contributed by atoms with E-state index in [1.54, 1.807) is 18.2 Å². The second-order valence-corrected chi connectivity index (χ2v) is 8.12. The summed E-state index contributed by atoms with van der Waals surface area (Å²) in [6.45, 7) is 0.551. The third-order valence-electron chi connectivity index (χ3n) is 4.48. The summed E-state index contributed by atoms with van der Waals surface area (Å²) in [5, 5.41) is 0. The van der Waals surface area contributed by atoms with Crippen molar-refractivity contribution in [2.45, 2.75) is 4.90 Å². The Balaban J connectivity index is 1.55. The van der Waals surface area contributed by atoms with Crippen LogP contribution < -0.4 is 9.47 Å². The second-order valence-electron chi connectivity index (χ2n) is 6.18. The van der Waals surface area contributed by atoms with E-state index in [-0.39, 0.29) is 49.3 Å². The van der Waals surface area contributed by atoms with E-state index in [1.165, 1.54) is 46.6 Å². The summed E-state index contributed by atoms with van der Waals surface area (Å²) in [7, 11) is -2.13. The standard InChI is InChI=1S/C19H21FN2O5S/c1-26-15-6-8-16(9-7-15)28(24,25)22-12-10-21(11-13-22)19(23)14-27-18-5-3-2-4-17(18)20/h2-9H,10-14H2,1H3. The van der Waals surface area contributed by atoms with Crippen molar-refractivity contribution < 1.29 is 27.1 Å². The van der Waals surface area contributed by atoms with Gasteiger partial charge in [-0.15, -0.1) is 0 Å². The molecule has 0 radical (unpaired) electrons. The number of carbonyl (C=O) groups is 1. The highest BCUT2D eigenvalue weighted by atomic mass is 32.2. The number of nitrogens with zero attached hydrogens (tertiary/aromatic N) is 2. The molecule has 1 aliphatic heterocycles. The molecular weight excluding hydrogens is 387 g/mol. The van der Waals surface area contributed by atoms with Crippen molar-refractivity contribution >= 4 is 15.9 Å². The Morgan fingerprint density at radius 2 is 1.68 bits per heavy atom. The van der Waals surface area contributed by atoms with Crippen LogP contribution in [0, 0.1) is 5.82 Å². The van der Waals surface area contributed by atoms with Gasteiger partial charge in [0.2, 0.25) is 10.0 Å². The van der Waals surface area contributed by atoms with Crippen LogP contribution in [0.4, 0.5) is 4.39 Å². The highest BCUT2D eigenvalue weighted by Gasteiger charge is 2.30. The van der Waals surface area contributed by atoms with E-state index < -0.39 is 15.8 Å². The van der Waals surface area contributed by atoms with Gasteiger partial charge in [0, 0.05) is 26.2 Å². The van der Waals surface area contributed by atoms with Gasteiger partial charge in [-0.2, -0.15) is 4.31 Å². The summed E-state index contributed by atoms with van der Waals surface area (Å²) in [6, 6.07) is 12.0. The van der Waals surface area contributed by atoms with Gasteiger partial charge in [-0.1, -0.05) is 12.1 Å². The zero-order valence-electron chi connectivity index (χ0n) is 15.4. The van der Waals surface area contributed by atoms with E-state index in [9.17, 15) is 17.6 Å². The number of carbonyl (C=O) groups excluding carboxylic acids is 1. The Morgan fingerprint density at radius 3 is 2.29 bits per heavy atom. The summed E-state index contributed by atoms with van der Waals surface area (Å²) in [4.78, 5) is 14.0. The molecule has 1 fully saturated rings. The predicted molar refractivity (Wildman–Crippen MR) is 100 cm³/mol. The number of ether oxygens (including phenoxy) is 2. The van der Waals surface area contributed by atoms with Crippen molar-refractivity contribution in [3.63, 3.8) is 0 Å². The fraction of sp³-hybridized carbons (Fsp3) is 0.316. The number of para-hydroxylation sites is 1. The molecule has 28 heavy (non-hydrogen) atoms. The van der Waals surface area contributed by atoms with Gasteiger partial charge in [-0.05, 0) is 36.4 Å². The van der Waals surface area contributed by atoms with Crippen LogP contribution in [0.1, 0.15) is 0 Å². The fourth-order valence-corrected chi connectivity index (χ4v) is 4.29. The van der Waals surface area contributed by atoms with E-state index in [1.807, 2.05) is 0 Å². The molecule has 1 heterocycles. The molecule has 3 rings (SSSR count). The average Bonchev–Trinajstić information content (AvgIpc) is 2.73. The molecular formula is C19H21FN2O5S. The fourth-order valence-electron chi connectivity index (χ4n) is 2.87. The van der Waals surface area contributed by atoms with Crippen molar-refractivity contribution in [2.75, 3.05) is 39.9 Å². The number of halogens is 1. The molecule has 1 amide bonds. The van der Waals surface area contributed by atoms with Crippen LogP contribution in [-0.4, -0.2) is 63.4 Å². The maximum Gasteiger partial charge on any atom is 0.260 e. The second kappa shape index (κ2) is 8.57. The summed E-state index contributed by atoms with van der Waals surface area (Å²) < 4.78 is 50.6. The van der Waals surface area contributed by atoms with Gasteiger partial charge in [0.25, 0.3) is 5.91 Å². The van der Waals surface area contributed by atoms with Crippen molar-refractivity contribution in [1.29, 1.82) is 0 Å². The molecule has 7 nitrogen and oxygen atoms in total. The number of methoxy groups -OCH3 is 1. The number of benzene rings is 2. The monoisotopic (exact) mass is 408 g/mol. The van der Waals surface area contributed by atoms with Gasteiger partial charge in [-0.3, -0.25) is 4.79 Å². The summed E-state index contributed by atoms with van der Waals surface area (Å²) in [6.07, 6.45) is 0.